The number of halogens is 1. The molecule has 0 aromatic heterocycles. The first-order valence-corrected chi connectivity index (χ1v) is 6.89. The smallest absolute Gasteiger partial charge is 0.330 e. The molecule has 0 rings (SSSR count). The minimum Gasteiger partial charge on any atom is -0.463 e. The summed E-state index contributed by atoms with van der Waals surface area (Å²) in [4.78, 5) is 10.9. The zero-order chi connectivity index (χ0) is 12.4. The molecule has 0 fully saturated rings. The number of hydrogen-bond donors (Lipinski definition) is 2. The predicted octanol–water partition coefficient (Wildman–Crippen LogP) is 1.43. The van der Waals surface area contributed by atoms with E-state index in [0.717, 1.165) is 6.42 Å². The van der Waals surface area contributed by atoms with Gasteiger partial charge in [-0.1, -0.05) is 28.7 Å². The number of esters is 1. The number of rotatable bonds is 8. The summed E-state index contributed by atoms with van der Waals surface area (Å²) >= 11 is 2.03. The van der Waals surface area contributed by atoms with Crippen LogP contribution >= 0.6 is 22.6 Å². The quantitative estimate of drug-likeness (QED) is 0.230. The zero-order valence-corrected chi connectivity index (χ0v) is 11.6. The summed E-state index contributed by atoms with van der Waals surface area (Å²) in [6, 6.07) is 0. The van der Waals surface area contributed by atoms with Crippen LogP contribution in [0.2, 0.25) is 0 Å². The van der Waals surface area contributed by atoms with Gasteiger partial charge in [0.2, 0.25) is 0 Å². The Hall–Kier alpha value is -0.140. The lowest BCUT2D eigenvalue weighted by Crippen LogP contribution is -2.26. The van der Waals surface area contributed by atoms with E-state index in [4.69, 9.17) is 4.74 Å². The summed E-state index contributed by atoms with van der Waals surface area (Å²) in [5.41, 5.74) is 0. The normalized spacial score (nSPS) is 15.0. The molecule has 0 heterocycles. The molecular weight excluding hydrogens is 323 g/mol. The SMILES string of the molecule is CCOC(=O)/C=C/CCC[C@H](O)[C@@H](O)CI. The van der Waals surface area contributed by atoms with Crippen molar-refractivity contribution in [1.82, 2.24) is 0 Å². The molecule has 4 nitrogen and oxygen atoms in total. The van der Waals surface area contributed by atoms with Crippen molar-refractivity contribution in [3.8, 4) is 0 Å². The van der Waals surface area contributed by atoms with Crippen molar-refractivity contribution in [1.29, 1.82) is 0 Å². The van der Waals surface area contributed by atoms with Gasteiger partial charge in [-0.05, 0) is 26.2 Å². The van der Waals surface area contributed by atoms with Crippen molar-refractivity contribution in [2.75, 3.05) is 11.0 Å². The minimum absolute atomic E-state index is 0.338. The van der Waals surface area contributed by atoms with E-state index in [-0.39, 0.29) is 5.97 Å². The molecule has 0 saturated carbocycles. The molecule has 0 bridgehead atoms. The lowest BCUT2D eigenvalue weighted by atomic mass is 10.1. The molecule has 0 spiro atoms. The largest absolute Gasteiger partial charge is 0.463 e. The third-order valence-electron chi connectivity index (χ3n) is 2.01. The summed E-state index contributed by atoms with van der Waals surface area (Å²) in [5, 5.41) is 18.7. The van der Waals surface area contributed by atoms with Gasteiger partial charge in [0.05, 0.1) is 18.8 Å². The molecule has 2 N–H and O–H groups in total. The lowest BCUT2D eigenvalue weighted by Gasteiger charge is -2.14. The van der Waals surface area contributed by atoms with Crippen molar-refractivity contribution in [2.45, 2.75) is 38.4 Å². The van der Waals surface area contributed by atoms with Crippen LogP contribution in [-0.4, -0.2) is 39.4 Å². The monoisotopic (exact) mass is 342 g/mol. The highest BCUT2D eigenvalue weighted by molar-refractivity contribution is 14.1. The van der Waals surface area contributed by atoms with Gasteiger partial charge in [0, 0.05) is 10.5 Å². The number of allylic oxidation sites excluding steroid dienone is 1. The fourth-order valence-electron chi connectivity index (χ4n) is 1.11. The van der Waals surface area contributed by atoms with Gasteiger partial charge in [-0.2, -0.15) is 0 Å². The molecule has 0 radical (unpaired) electrons. The van der Waals surface area contributed by atoms with Gasteiger partial charge in [-0.15, -0.1) is 0 Å². The summed E-state index contributed by atoms with van der Waals surface area (Å²) in [6.07, 6.45) is 3.76. The second-order valence-corrected chi connectivity index (χ2v) is 4.26. The van der Waals surface area contributed by atoms with Crippen LogP contribution in [-0.2, 0) is 9.53 Å². The number of carbonyl (C=O) groups excluding carboxylic acids is 1. The first-order chi connectivity index (χ1) is 7.61. The molecule has 0 amide bonds. The molecule has 94 valence electrons. The number of hydrogen-bond acceptors (Lipinski definition) is 4. The van der Waals surface area contributed by atoms with Crippen LogP contribution in [0.3, 0.4) is 0 Å². The van der Waals surface area contributed by atoms with Gasteiger partial charge in [0.1, 0.15) is 0 Å². The van der Waals surface area contributed by atoms with Crippen LogP contribution in [0, 0.1) is 0 Å². The van der Waals surface area contributed by atoms with E-state index >= 15 is 0 Å². The standard InChI is InChI=1S/C11H19IO4/c1-2-16-11(15)7-5-3-4-6-9(13)10(14)8-12/h5,7,9-10,13-14H,2-4,6,8H2,1H3/b7-5+/t9-,10-/m0/s1. The number of aliphatic hydroxyl groups is 2. The van der Waals surface area contributed by atoms with Crippen molar-refractivity contribution in [3.63, 3.8) is 0 Å². The van der Waals surface area contributed by atoms with Crippen molar-refractivity contribution < 1.29 is 19.7 Å². The molecule has 16 heavy (non-hydrogen) atoms. The third-order valence-corrected chi connectivity index (χ3v) is 2.92. The molecule has 5 heteroatoms. The summed E-state index contributed by atoms with van der Waals surface area (Å²) in [7, 11) is 0. The van der Waals surface area contributed by atoms with Gasteiger partial charge >= 0.3 is 5.97 Å². The van der Waals surface area contributed by atoms with E-state index in [1.807, 2.05) is 22.6 Å². The summed E-state index contributed by atoms with van der Waals surface area (Å²) in [5.74, 6) is -0.338. The van der Waals surface area contributed by atoms with Crippen LogP contribution in [0.15, 0.2) is 12.2 Å². The Morgan fingerprint density at radius 3 is 2.69 bits per heavy atom. The zero-order valence-electron chi connectivity index (χ0n) is 9.43. The van der Waals surface area contributed by atoms with E-state index < -0.39 is 12.2 Å². The maximum absolute atomic E-state index is 10.9. The molecule has 0 aliphatic rings. The Kier molecular flexibility index (Phi) is 9.95. The first kappa shape index (κ1) is 15.9. The van der Waals surface area contributed by atoms with Gasteiger partial charge in [0.25, 0.3) is 0 Å². The lowest BCUT2D eigenvalue weighted by molar-refractivity contribution is -0.137. The van der Waals surface area contributed by atoms with Crippen LogP contribution in [0.4, 0.5) is 0 Å². The van der Waals surface area contributed by atoms with E-state index in [1.54, 1.807) is 13.0 Å². The van der Waals surface area contributed by atoms with Gasteiger partial charge in [-0.25, -0.2) is 4.79 Å². The van der Waals surface area contributed by atoms with Gasteiger partial charge < -0.3 is 14.9 Å². The van der Waals surface area contributed by atoms with E-state index in [1.165, 1.54) is 6.08 Å². The van der Waals surface area contributed by atoms with E-state index in [2.05, 4.69) is 0 Å². The fourth-order valence-corrected chi connectivity index (χ4v) is 1.70. The molecular formula is C11H19IO4. The molecule has 2 atom stereocenters. The Labute approximate surface area is 110 Å². The molecule has 0 unspecified atom stereocenters. The highest BCUT2D eigenvalue weighted by Crippen LogP contribution is 2.07. The van der Waals surface area contributed by atoms with Crippen molar-refractivity contribution in [3.05, 3.63) is 12.2 Å². The maximum atomic E-state index is 10.9. The second-order valence-electron chi connectivity index (χ2n) is 3.37. The molecule has 0 aliphatic carbocycles. The minimum atomic E-state index is -0.673. The van der Waals surface area contributed by atoms with Crippen molar-refractivity contribution in [2.24, 2.45) is 0 Å². The maximum Gasteiger partial charge on any atom is 0.330 e. The van der Waals surface area contributed by atoms with Crippen LogP contribution in [0.5, 0.6) is 0 Å². The Morgan fingerprint density at radius 1 is 1.44 bits per heavy atom. The number of unbranched alkanes of at least 4 members (excludes halogenated alkanes) is 1. The van der Waals surface area contributed by atoms with Gasteiger partial charge in [0.15, 0.2) is 0 Å². The first-order valence-electron chi connectivity index (χ1n) is 5.37. The van der Waals surface area contributed by atoms with Gasteiger partial charge in [-0.3, -0.25) is 0 Å². The summed E-state index contributed by atoms with van der Waals surface area (Å²) < 4.78 is 5.23. The Balaban J connectivity index is 3.56. The Morgan fingerprint density at radius 2 is 2.12 bits per heavy atom. The average Bonchev–Trinajstić information content (AvgIpc) is 2.27. The van der Waals surface area contributed by atoms with Crippen LogP contribution < -0.4 is 0 Å². The number of alkyl halides is 1. The average molecular weight is 342 g/mol. The van der Waals surface area contributed by atoms with E-state index in [9.17, 15) is 15.0 Å². The van der Waals surface area contributed by atoms with Crippen LogP contribution in [0.25, 0.3) is 0 Å². The topological polar surface area (TPSA) is 66.8 Å². The fraction of sp³-hybridized carbons (Fsp3) is 0.727. The van der Waals surface area contributed by atoms with Crippen molar-refractivity contribution >= 4 is 28.6 Å². The highest BCUT2D eigenvalue weighted by atomic mass is 127. The highest BCUT2D eigenvalue weighted by Gasteiger charge is 2.13. The van der Waals surface area contributed by atoms with Crippen LogP contribution in [0.1, 0.15) is 26.2 Å². The molecule has 0 aromatic rings. The second kappa shape index (κ2) is 10.0. The Bertz CT molecular complexity index is 218. The number of aliphatic hydroxyl groups excluding tert-OH is 2. The molecule has 0 aromatic carbocycles. The number of ether oxygens (including phenoxy) is 1. The summed E-state index contributed by atoms with van der Waals surface area (Å²) in [6.45, 7) is 2.14. The third kappa shape index (κ3) is 8.06. The molecule has 0 aliphatic heterocycles. The number of carbonyl (C=O) groups is 1. The molecule has 0 saturated heterocycles. The van der Waals surface area contributed by atoms with E-state index in [0.29, 0.717) is 23.9 Å². The predicted molar refractivity (Wildman–Crippen MR) is 70.5 cm³/mol.